The van der Waals surface area contributed by atoms with E-state index in [0.717, 1.165) is 11.0 Å². The molecule has 1 aromatic heterocycles. The third-order valence-corrected chi connectivity index (χ3v) is 1.54. The van der Waals surface area contributed by atoms with Gasteiger partial charge in [0.15, 0.2) is 0 Å². The van der Waals surface area contributed by atoms with Crippen LogP contribution in [0.25, 0.3) is 11.0 Å². The summed E-state index contributed by atoms with van der Waals surface area (Å²) in [6.45, 7) is 3.31. The second kappa shape index (κ2) is 5.09. The molecule has 0 aliphatic carbocycles. The Morgan fingerprint density at radius 2 is 2.00 bits per heavy atom. The molecule has 2 N–H and O–H groups in total. The van der Waals surface area contributed by atoms with E-state index in [1.807, 2.05) is 24.3 Å². The van der Waals surface area contributed by atoms with Gasteiger partial charge in [0, 0.05) is 11.5 Å². The first-order chi connectivity index (χ1) is 6.77. The first-order valence-corrected chi connectivity index (χ1v) is 4.17. The Hall–Kier alpha value is -1.74. The molecular formula is C11H12O3. The molecule has 3 nitrogen and oxygen atoms in total. The number of hydrogen-bond acceptors (Lipinski definition) is 3. The van der Waals surface area contributed by atoms with Crippen molar-refractivity contribution in [3.05, 3.63) is 43.0 Å². The van der Waals surface area contributed by atoms with Gasteiger partial charge in [-0.05, 0) is 6.07 Å². The van der Waals surface area contributed by atoms with Gasteiger partial charge in [0.25, 0.3) is 5.95 Å². The summed E-state index contributed by atoms with van der Waals surface area (Å²) >= 11 is 0. The van der Waals surface area contributed by atoms with Gasteiger partial charge in [-0.3, -0.25) is 0 Å². The average Bonchev–Trinajstić information content (AvgIpc) is 2.58. The molecule has 1 aromatic carbocycles. The molecule has 0 aliphatic heterocycles. The molecule has 3 heteroatoms. The van der Waals surface area contributed by atoms with Crippen LogP contribution in [0.5, 0.6) is 5.95 Å². The van der Waals surface area contributed by atoms with Crippen LogP contribution in [-0.4, -0.2) is 16.8 Å². The van der Waals surface area contributed by atoms with Gasteiger partial charge >= 0.3 is 0 Å². The second-order valence-electron chi connectivity index (χ2n) is 2.59. The highest BCUT2D eigenvalue weighted by Gasteiger charge is 1.97. The highest BCUT2D eigenvalue weighted by Crippen LogP contribution is 2.22. The van der Waals surface area contributed by atoms with Crippen LogP contribution in [0.2, 0.25) is 0 Å². The molecule has 0 saturated heterocycles. The minimum atomic E-state index is -0.0267. The maximum atomic E-state index is 8.89. The van der Waals surface area contributed by atoms with Crippen LogP contribution in [0, 0.1) is 0 Å². The lowest BCUT2D eigenvalue weighted by atomic mass is 10.3. The van der Waals surface area contributed by atoms with Crippen LogP contribution in [0.3, 0.4) is 0 Å². The van der Waals surface area contributed by atoms with E-state index in [2.05, 4.69) is 6.58 Å². The van der Waals surface area contributed by atoms with Gasteiger partial charge in [0.05, 0.1) is 6.61 Å². The van der Waals surface area contributed by atoms with E-state index in [1.54, 1.807) is 6.07 Å². The van der Waals surface area contributed by atoms with E-state index < -0.39 is 0 Å². The van der Waals surface area contributed by atoms with Crippen molar-refractivity contribution in [3.63, 3.8) is 0 Å². The predicted molar refractivity (Wildman–Crippen MR) is 55.2 cm³/mol. The lowest BCUT2D eigenvalue weighted by molar-refractivity contribution is 0.343. The molecule has 2 aromatic rings. The zero-order chi connectivity index (χ0) is 10.4. The van der Waals surface area contributed by atoms with Crippen molar-refractivity contribution in [2.24, 2.45) is 0 Å². The number of rotatable bonds is 1. The molecule has 0 spiro atoms. The van der Waals surface area contributed by atoms with Gasteiger partial charge < -0.3 is 14.6 Å². The van der Waals surface area contributed by atoms with Gasteiger partial charge in [-0.2, -0.15) is 0 Å². The van der Waals surface area contributed by atoms with Gasteiger partial charge in [-0.25, -0.2) is 0 Å². The zero-order valence-electron chi connectivity index (χ0n) is 7.68. The lowest BCUT2D eigenvalue weighted by Crippen LogP contribution is -1.62. The van der Waals surface area contributed by atoms with Gasteiger partial charge in [0.1, 0.15) is 5.58 Å². The van der Waals surface area contributed by atoms with Crippen LogP contribution >= 0.6 is 0 Å². The Labute approximate surface area is 81.9 Å². The number of hydrogen-bond donors (Lipinski definition) is 2. The highest BCUT2D eigenvalue weighted by molar-refractivity contribution is 5.78. The quantitative estimate of drug-likeness (QED) is 0.681. The summed E-state index contributed by atoms with van der Waals surface area (Å²) in [6.07, 6.45) is 1.43. The number of benzene rings is 1. The second-order valence-corrected chi connectivity index (χ2v) is 2.59. The summed E-state index contributed by atoms with van der Waals surface area (Å²) in [7, 11) is 0. The number of furan rings is 1. The molecule has 0 radical (unpaired) electrons. The van der Waals surface area contributed by atoms with Gasteiger partial charge in [-0.1, -0.05) is 24.3 Å². The Balaban J connectivity index is 0.000000213. The molecule has 1 heterocycles. The van der Waals surface area contributed by atoms with Crippen molar-refractivity contribution in [2.75, 3.05) is 6.61 Å². The molecule has 0 bridgehead atoms. The fraction of sp³-hybridized carbons (Fsp3) is 0.0909. The molecule has 0 saturated carbocycles. The SMILES string of the molecule is C=CCO.Oc1cc2ccccc2o1. The summed E-state index contributed by atoms with van der Waals surface area (Å²) in [5.74, 6) is -0.0267. The van der Waals surface area contributed by atoms with Crippen molar-refractivity contribution < 1.29 is 14.6 Å². The van der Waals surface area contributed by atoms with Crippen LogP contribution < -0.4 is 0 Å². The first-order valence-electron chi connectivity index (χ1n) is 4.17. The maximum absolute atomic E-state index is 8.89. The molecule has 0 unspecified atom stereocenters. The van der Waals surface area contributed by atoms with Crippen molar-refractivity contribution >= 4 is 11.0 Å². The van der Waals surface area contributed by atoms with E-state index in [-0.39, 0.29) is 12.6 Å². The van der Waals surface area contributed by atoms with E-state index in [0.29, 0.717) is 0 Å². The third-order valence-electron chi connectivity index (χ3n) is 1.54. The number of fused-ring (bicyclic) bond motifs is 1. The topological polar surface area (TPSA) is 53.6 Å². The van der Waals surface area contributed by atoms with Crippen LogP contribution in [-0.2, 0) is 0 Å². The first kappa shape index (κ1) is 10.3. The smallest absolute Gasteiger partial charge is 0.282 e. The number of aliphatic hydroxyl groups excluding tert-OH is 1. The largest absolute Gasteiger partial charge is 0.481 e. The van der Waals surface area contributed by atoms with E-state index in [4.69, 9.17) is 14.6 Å². The summed E-state index contributed by atoms with van der Waals surface area (Å²) < 4.78 is 4.92. The van der Waals surface area contributed by atoms with Gasteiger partial charge in [-0.15, -0.1) is 6.58 Å². The molecular weight excluding hydrogens is 180 g/mol. The van der Waals surface area contributed by atoms with E-state index in [1.165, 1.54) is 6.08 Å². The molecule has 0 aliphatic rings. The highest BCUT2D eigenvalue weighted by atomic mass is 16.5. The molecule has 0 amide bonds. The Bertz CT molecular complexity index is 371. The zero-order valence-corrected chi connectivity index (χ0v) is 7.68. The minimum absolute atomic E-state index is 0.0267. The van der Waals surface area contributed by atoms with Crippen molar-refractivity contribution in [2.45, 2.75) is 0 Å². The standard InChI is InChI=1S/C8H6O2.C3H6O/c9-8-5-6-3-1-2-4-7(6)10-8;1-2-3-4/h1-5,9H;2,4H,1,3H2. The molecule has 14 heavy (non-hydrogen) atoms. The summed E-state index contributed by atoms with van der Waals surface area (Å²) in [5.41, 5.74) is 0.722. The fourth-order valence-electron chi connectivity index (χ4n) is 0.968. The maximum Gasteiger partial charge on any atom is 0.282 e. The Morgan fingerprint density at radius 1 is 1.36 bits per heavy atom. The van der Waals surface area contributed by atoms with Crippen molar-refractivity contribution in [3.8, 4) is 5.95 Å². The third kappa shape index (κ3) is 2.64. The number of aromatic hydroxyl groups is 1. The molecule has 74 valence electrons. The summed E-state index contributed by atoms with van der Waals surface area (Å²) in [6, 6.07) is 9.06. The predicted octanol–water partition coefficient (Wildman–Crippen LogP) is 2.30. The molecule has 0 fully saturated rings. The van der Waals surface area contributed by atoms with Crippen LogP contribution in [0.4, 0.5) is 0 Å². The summed E-state index contributed by atoms with van der Waals surface area (Å²) in [5, 5.41) is 17.6. The molecule has 2 rings (SSSR count). The normalized spacial score (nSPS) is 9.21. The molecule has 0 atom stereocenters. The monoisotopic (exact) mass is 192 g/mol. The van der Waals surface area contributed by atoms with E-state index >= 15 is 0 Å². The van der Waals surface area contributed by atoms with Crippen molar-refractivity contribution in [1.82, 2.24) is 0 Å². The lowest BCUT2D eigenvalue weighted by Gasteiger charge is -1.81. The fourth-order valence-corrected chi connectivity index (χ4v) is 0.968. The average molecular weight is 192 g/mol. The number of para-hydroxylation sites is 1. The van der Waals surface area contributed by atoms with Gasteiger partial charge in [0.2, 0.25) is 0 Å². The Morgan fingerprint density at radius 3 is 2.57 bits per heavy atom. The van der Waals surface area contributed by atoms with Crippen molar-refractivity contribution in [1.29, 1.82) is 0 Å². The number of aliphatic hydroxyl groups is 1. The summed E-state index contributed by atoms with van der Waals surface area (Å²) in [4.78, 5) is 0. The minimum Gasteiger partial charge on any atom is -0.481 e. The van der Waals surface area contributed by atoms with E-state index in [9.17, 15) is 0 Å². The van der Waals surface area contributed by atoms with Crippen LogP contribution in [0.1, 0.15) is 0 Å². The van der Waals surface area contributed by atoms with Crippen LogP contribution in [0.15, 0.2) is 47.4 Å². The Kier molecular flexibility index (Phi) is 3.76.